The van der Waals surface area contributed by atoms with Crippen LogP contribution >= 0.6 is 15.9 Å². The highest BCUT2D eigenvalue weighted by Gasteiger charge is 2.16. The second kappa shape index (κ2) is 6.42. The molecule has 0 spiro atoms. The number of halogens is 3. The molecular weight excluding hydrogens is 334 g/mol. The Morgan fingerprint density at radius 3 is 2.70 bits per heavy atom. The molecular formula is C13H9BrF2N2O2. The lowest BCUT2D eigenvalue weighted by molar-refractivity contribution is -0.0501. The van der Waals surface area contributed by atoms with E-state index in [0.29, 0.717) is 10.3 Å². The maximum atomic E-state index is 12.3. The topological polar surface area (TPSA) is 51.2 Å². The number of carbonyl (C=O) groups excluding carboxylic acids is 1. The zero-order valence-corrected chi connectivity index (χ0v) is 11.6. The average molecular weight is 343 g/mol. The van der Waals surface area contributed by atoms with Crippen LogP contribution in [0.3, 0.4) is 0 Å². The van der Waals surface area contributed by atoms with E-state index in [1.54, 1.807) is 24.4 Å². The number of alkyl halides is 2. The molecule has 0 aliphatic heterocycles. The number of nitrogens with zero attached hydrogens (tertiary/aromatic N) is 1. The second-order valence-corrected chi connectivity index (χ2v) is 4.42. The van der Waals surface area contributed by atoms with Crippen LogP contribution in [0.15, 0.2) is 47.2 Å². The first-order chi connectivity index (χ1) is 9.58. The molecule has 0 radical (unpaired) electrons. The van der Waals surface area contributed by atoms with Crippen LogP contribution in [-0.2, 0) is 0 Å². The monoisotopic (exact) mass is 342 g/mol. The zero-order chi connectivity index (χ0) is 14.5. The highest BCUT2D eigenvalue weighted by molar-refractivity contribution is 9.10. The molecule has 1 amide bonds. The van der Waals surface area contributed by atoms with Gasteiger partial charge in [0.1, 0.15) is 10.4 Å². The zero-order valence-electron chi connectivity index (χ0n) is 10.0. The van der Waals surface area contributed by atoms with Gasteiger partial charge in [-0.15, -0.1) is 0 Å². The van der Waals surface area contributed by atoms with E-state index in [2.05, 4.69) is 31.0 Å². The van der Waals surface area contributed by atoms with Gasteiger partial charge in [0, 0.05) is 6.20 Å². The van der Waals surface area contributed by atoms with Crippen molar-refractivity contribution in [3.05, 3.63) is 52.8 Å². The van der Waals surface area contributed by atoms with Gasteiger partial charge in [0.25, 0.3) is 5.91 Å². The van der Waals surface area contributed by atoms with Gasteiger partial charge in [-0.2, -0.15) is 8.78 Å². The van der Waals surface area contributed by atoms with Crippen LogP contribution in [0.25, 0.3) is 0 Å². The molecule has 7 heteroatoms. The number of para-hydroxylation sites is 1. The van der Waals surface area contributed by atoms with E-state index in [-0.39, 0.29) is 11.3 Å². The molecule has 0 atom stereocenters. The lowest BCUT2D eigenvalue weighted by atomic mass is 10.2. The summed E-state index contributed by atoms with van der Waals surface area (Å²) in [6.45, 7) is -2.99. The summed E-state index contributed by atoms with van der Waals surface area (Å²) in [6.07, 6.45) is 1.55. The van der Waals surface area contributed by atoms with Crippen LogP contribution in [0.1, 0.15) is 10.4 Å². The first kappa shape index (κ1) is 14.4. The highest BCUT2D eigenvalue weighted by Crippen LogP contribution is 2.23. The van der Waals surface area contributed by atoms with Gasteiger partial charge in [0.2, 0.25) is 0 Å². The quantitative estimate of drug-likeness (QED) is 0.862. The molecule has 2 rings (SSSR count). The number of nitrogens with one attached hydrogen (secondary N) is 1. The van der Waals surface area contributed by atoms with Crippen LogP contribution in [0.2, 0.25) is 0 Å². The fraction of sp³-hybridized carbons (Fsp3) is 0.0769. The van der Waals surface area contributed by atoms with Gasteiger partial charge in [-0.05, 0) is 40.2 Å². The van der Waals surface area contributed by atoms with Gasteiger partial charge in [-0.25, -0.2) is 4.98 Å². The minimum Gasteiger partial charge on any atom is -0.434 e. The Kier molecular flexibility index (Phi) is 4.62. The number of carbonyl (C=O) groups is 1. The molecule has 0 bridgehead atoms. The third-order valence-corrected chi connectivity index (χ3v) is 2.99. The van der Waals surface area contributed by atoms with Crippen molar-refractivity contribution in [1.82, 2.24) is 4.98 Å². The first-order valence-corrected chi connectivity index (χ1v) is 6.33. The number of hydrogen-bond donors (Lipinski definition) is 1. The van der Waals surface area contributed by atoms with E-state index < -0.39 is 12.5 Å². The first-order valence-electron chi connectivity index (χ1n) is 5.53. The number of amides is 1. The van der Waals surface area contributed by atoms with Crippen LogP contribution < -0.4 is 10.1 Å². The number of pyridine rings is 1. The summed E-state index contributed by atoms with van der Waals surface area (Å²) in [7, 11) is 0. The van der Waals surface area contributed by atoms with Crippen molar-refractivity contribution >= 4 is 27.5 Å². The molecule has 1 aromatic heterocycles. The fourth-order valence-corrected chi connectivity index (χ4v) is 1.87. The highest BCUT2D eigenvalue weighted by atomic mass is 79.9. The normalized spacial score (nSPS) is 10.4. The summed E-state index contributed by atoms with van der Waals surface area (Å²) in [4.78, 5) is 16.0. The Hall–Kier alpha value is -2.02. The second-order valence-electron chi connectivity index (χ2n) is 3.67. The molecule has 2 aromatic rings. The Balaban J connectivity index is 2.23. The molecule has 1 heterocycles. The van der Waals surface area contributed by atoms with E-state index in [4.69, 9.17) is 0 Å². The maximum absolute atomic E-state index is 12.3. The van der Waals surface area contributed by atoms with Crippen molar-refractivity contribution in [2.75, 3.05) is 5.32 Å². The lowest BCUT2D eigenvalue weighted by Crippen LogP contribution is -2.15. The van der Waals surface area contributed by atoms with Crippen molar-refractivity contribution in [2.24, 2.45) is 0 Å². The summed E-state index contributed by atoms with van der Waals surface area (Å²) in [5.41, 5.74) is 0.452. The number of benzene rings is 1. The van der Waals surface area contributed by atoms with Crippen LogP contribution in [-0.4, -0.2) is 17.5 Å². The molecule has 20 heavy (non-hydrogen) atoms. The van der Waals surface area contributed by atoms with Gasteiger partial charge < -0.3 is 10.1 Å². The minimum absolute atomic E-state index is 0.0172. The average Bonchev–Trinajstić information content (AvgIpc) is 2.41. The van der Waals surface area contributed by atoms with E-state index >= 15 is 0 Å². The van der Waals surface area contributed by atoms with Gasteiger partial charge >= 0.3 is 6.61 Å². The Labute approximate surface area is 121 Å². The molecule has 104 valence electrons. The number of anilines is 1. The predicted octanol–water partition coefficient (Wildman–Crippen LogP) is 3.70. The maximum Gasteiger partial charge on any atom is 0.387 e. The van der Waals surface area contributed by atoms with Crippen molar-refractivity contribution in [1.29, 1.82) is 0 Å². The van der Waals surface area contributed by atoms with Gasteiger partial charge in [0.15, 0.2) is 0 Å². The largest absolute Gasteiger partial charge is 0.434 e. The number of ether oxygens (including phenoxy) is 1. The van der Waals surface area contributed by atoms with Crippen LogP contribution in [0, 0.1) is 0 Å². The lowest BCUT2D eigenvalue weighted by Gasteiger charge is -2.11. The molecule has 1 aromatic carbocycles. The van der Waals surface area contributed by atoms with Crippen LogP contribution in [0.4, 0.5) is 14.5 Å². The summed E-state index contributed by atoms with van der Waals surface area (Å²) >= 11 is 3.18. The predicted molar refractivity (Wildman–Crippen MR) is 73.0 cm³/mol. The molecule has 0 aliphatic rings. The molecule has 4 nitrogen and oxygen atoms in total. The van der Waals surface area contributed by atoms with Crippen molar-refractivity contribution < 1.29 is 18.3 Å². The standard InChI is InChI=1S/C13H9BrF2N2O2/c14-11-9(5-3-7-17-11)18-12(19)8-4-1-2-6-10(8)20-13(15)16/h1-7,13H,(H,18,19). The molecule has 0 fully saturated rings. The summed E-state index contributed by atoms with van der Waals surface area (Å²) in [5.74, 6) is -0.741. The van der Waals surface area contributed by atoms with E-state index in [1.807, 2.05) is 0 Å². The molecule has 0 saturated carbocycles. The minimum atomic E-state index is -2.99. The summed E-state index contributed by atoms with van der Waals surface area (Å²) in [5, 5.41) is 2.57. The van der Waals surface area contributed by atoms with Crippen molar-refractivity contribution in [2.45, 2.75) is 6.61 Å². The van der Waals surface area contributed by atoms with Gasteiger partial charge in [0.05, 0.1) is 11.3 Å². The Morgan fingerprint density at radius 2 is 2.00 bits per heavy atom. The third kappa shape index (κ3) is 3.51. The smallest absolute Gasteiger partial charge is 0.387 e. The SMILES string of the molecule is O=C(Nc1cccnc1Br)c1ccccc1OC(F)F. The van der Waals surface area contributed by atoms with Gasteiger partial charge in [-0.1, -0.05) is 12.1 Å². The fourth-order valence-electron chi connectivity index (χ4n) is 1.52. The Bertz CT molecular complexity index is 623. The van der Waals surface area contributed by atoms with E-state index in [9.17, 15) is 13.6 Å². The molecule has 0 aliphatic carbocycles. The van der Waals surface area contributed by atoms with E-state index in [0.717, 1.165) is 0 Å². The Morgan fingerprint density at radius 1 is 1.25 bits per heavy atom. The number of aromatic nitrogens is 1. The number of hydrogen-bond acceptors (Lipinski definition) is 3. The molecule has 1 N–H and O–H groups in total. The summed E-state index contributed by atoms with van der Waals surface area (Å²) in [6, 6.07) is 9.05. The third-order valence-electron chi connectivity index (χ3n) is 2.36. The van der Waals surface area contributed by atoms with Crippen LogP contribution in [0.5, 0.6) is 5.75 Å². The van der Waals surface area contributed by atoms with Crippen molar-refractivity contribution in [3.63, 3.8) is 0 Å². The number of rotatable bonds is 4. The summed E-state index contributed by atoms with van der Waals surface area (Å²) < 4.78 is 29.3. The van der Waals surface area contributed by atoms with E-state index in [1.165, 1.54) is 18.2 Å². The van der Waals surface area contributed by atoms with Crippen molar-refractivity contribution in [3.8, 4) is 5.75 Å². The molecule has 0 unspecified atom stereocenters. The van der Waals surface area contributed by atoms with Gasteiger partial charge in [-0.3, -0.25) is 4.79 Å². The molecule has 0 saturated heterocycles.